The second-order valence-corrected chi connectivity index (χ2v) is 5.65. The van der Waals surface area contributed by atoms with E-state index in [1.54, 1.807) is 11.3 Å². The molecule has 0 radical (unpaired) electrons. The van der Waals surface area contributed by atoms with E-state index < -0.39 is 0 Å². The molecule has 0 aliphatic rings. The van der Waals surface area contributed by atoms with E-state index in [2.05, 4.69) is 35.3 Å². The minimum atomic E-state index is 0.424. The third-order valence-corrected chi connectivity index (χ3v) is 3.38. The van der Waals surface area contributed by atoms with Crippen molar-refractivity contribution < 1.29 is 0 Å². The summed E-state index contributed by atoms with van der Waals surface area (Å²) >= 11 is 1.73. The average Bonchev–Trinajstić information content (AvgIpc) is 2.88. The van der Waals surface area contributed by atoms with Gasteiger partial charge in [0.1, 0.15) is 0 Å². The smallest absolute Gasteiger partial charge is 0.0897 e. The van der Waals surface area contributed by atoms with E-state index in [4.69, 9.17) is 0 Å². The van der Waals surface area contributed by atoms with Crippen molar-refractivity contribution in [2.45, 2.75) is 39.9 Å². The van der Waals surface area contributed by atoms with Gasteiger partial charge in [-0.05, 0) is 26.8 Å². The number of hydrogen-bond acceptors (Lipinski definition) is 4. The molecule has 4 nitrogen and oxygen atoms in total. The van der Waals surface area contributed by atoms with Crippen LogP contribution < -0.4 is 5.32 Å². The molecule has 0 saturated heterocycles. The zero-order valence-corrected chi connectivity index (χ0v) is 11.3. The van der Waals surface area contributed by atoms with Crippen molar-refractivity contribution in [2.75, 3.05) is 0 Å². The van der Waals surface area contributed by atoms with Crippen LogP contribution in [0.2, 0.25) is 0 Å². The summed E-state index contributed by atoms with van der Waals surface area (Å²) in [5.41, 5.74) is 1.08. The van der Waals surface area contributed by atoms with E-state index >= 15 is 0 Å². The van der Waals surface area contributed by atoms with Gasteiger partial charge in [-0.2, -0.15) is 5.10 Å². The van der Waals surface area contributed by atoms with E-state index in [1.807, 2.05) is 24.0 Å². The Morgan fingerprint density at radius 1 is 1.41 bits per heavy atom. The molecule has 0 spiro atoms. The van der Waals surface area contributed by atoms with Crippen LogP contribution >= 0.6 is 11.3 Å². The lowest BCUT2D eigenvalue weighted by Crippen LogP contribution is -2.13. The molecule has 2 aromatic rings. The predicted molar refractivity (Wildman–Crippen MR) is 70.0 cm³/mol. The van der Waals surface area contributed by atoms with Crippen LogP contribution in [0.5, 0.6) is 0 Å². The fourth-order valence-corrected chi connectivity index (χ4v) is 2.32. The molecule has 0 atom stereocenters. The maximum Gasteiger partial charge on any atom is 0.0897 e. The second kappa shape index (κ2) is 5.42. The minimum Gasteiger partial charge on any atom is -0.306 e. The molecule has 17 heavy (non-hydrogen) atoms. The van der Waals surface area contributed by atoms with Crippen LogP contribution in [-0.2, 0) is 13.1 Å². The van der Waals surface area contributed by atoms with Crippen molar-refractivity contribution in [3.63, 3.8) is 0 Å². The summed E-state index contributed by atoms with van der Waals surface area (Å²) in [7, 11) is 0. The standard InChI is InChI=1S/C12H18N4S/c1-9(2)16-5-4-11(15-16)6-13-7-12-8-14-10(3)17-12/h4-5,8-9,13H,6-7H2,1-3H3. The second-order valence-electron chi connectivity index (χ2n) is 4.33. The number of aromatic nitrogens is 3. The van der Waals surface area contributed by atoms with Gasteiger partial charge < -0.3 is 5.32 Å². The Hall–Kier alpha value is -1.20. The Morgan fingerprint density at radius 3 is 2.82 bits per heavy atom. The average molecular weight is 250 g/mol. The summed E-state index contributed by atoms with van der Waals surface area (Å²) in [5, 5.41) is 8.98. The molecule has 0 unspecified atom stereocenters. The van der Waals surface area contributed by atoms with Gasteiger partial charge >= 0.3 is 0 Å². The lowest BCUT2D eigenvalue weighted by atomic mass is 10.4. The summed E-state index contributed by atoms with van der Waals surface area (Å²) in [5.74, 6) is 0. The molecular formula is C12H18N4S. The van der Waals surface area contributed by atoms with Gasteiger partial charge in [-0.15, -0.1) is 11.3 Å². The Kier molecular flexibility index (Phi) is 3.91. The third-order valence-electron chi connectivity index (χ3n) is 2.47. The molecule has 0 aliphatic carbocycles. The van der Waals surface area contributed by atoms with Crippen LogP contribution in [0.1, 0.15) is 35.5 Å². The summed E-state index contributed by atoms with van der Waals surface area (Å²) in [4.78, 5) is 5.50. The van der Waals surface area contributed by atoms with Gasteiger partial charge in [-0.3, -0.25) is 4.68 Å². The van der Waals surface area contributed by atoms with Gasteiger partial charge in [-0.1, -0.05) is 0 Å². The van der Waals surface area contributed by atoms with Crippen LogP contribution in [0.3, 0.4) is 0 Å². The maximum atomic E-state index is 4.49. The van der Waals surface area contributed by atoms with Crippen LogP contribution in [0.4, 0.5) is 0 Å². The zero-order chi connectivity index (χ0) is 12.3. The van der Waals surface area contributed by atoms with Crippen molar-refractivity contribution in [3.8, 4) is 0 Å². The molecule has 1 N–H and O–H groups in total. The Morgan fingerprint density at radius 2 is 2.24 bits per heavy atom. The fraction of sp³-hybridized carbons (Fsp3) is 0.500. The van der Waals surface area contributed by atoms with Crippen LogP contribution in [0, 0.1) is 6.92 Å². The first-order valence-corrected chi connectivity index (χ1v) is 6.63. The number of aryl methyl sites for hydroxylation is 1. The highest BCUT2D eigenvalue weighted by Crippen LogP contribution is 2.11. The van der Waals surface area contributed by atoms with Crippen molar-refractivity contribution in [3.05, 3.63) is 34.0 Å². The van der Waals surface area contributed by atoms with Crippen LogP contribution in [0.25, 0.3) is 0 Å². The summed E-state index contributed by atoms with van der Waals surface area (Å²) in [6.45, 7) is 7.95. The quantitative estimate of drug-likeness (QED) is 0.886. The number of nitrogens with one attached hydrogen (secondary N) is 1. The molecule has 2 aromatic heterocycles. The number of nitrogens with zero attached hydrogens (tertiary/aromatic N) is 3. The lowest BCUT2D eigenvalue weighted by Gasteiger charge is -2.04. The van der Waals surface area contributed by atoms with Gasteiger partial charge in [0, 0.05) is 36.4 Å². The Labute approximate surface area is 106 Å². The van der Waals surface area contributed by atoms with Gasteiger partial charge in [0.15, 0.2) is 0 Å². The highest BCUT2D eigenvalue weighted by atomic mass is 32.1. The molecule has 5 heteroatoms. The van der Waals surface area contributed by atoms with Gasteiger partial charge in [0.25, 0.3) is 0 Å². The minimum absolute atomic E-state index is 0.424. The van der Waals surface area contributed by atoms with E-state index in [9.17, 15) is 0 Å². The van der Waals surface area contributed by atoms with Gasteiger partial charge in [0.2, 0.25) is 0 Å². The molecule has 2 rings (SSSR count). The fourth-order valence-electron chi connectivity index (χ4n) is 1.56. The molecule has 0 fully saturated rings. The van der Waals surface area contributed by atoms with E-state index in [0.29, 0.717) is 6.04 Å². The summed E-state index contributed by atoms with van der Waals surface area (Å²) in [6, 6.07) is 2.48. The van der Waals surface area contributed by atoms with Crippen molar-refractivity contribution in [1.29, 1.82) is 0 Å². The molecule has 0 aliphatic heterocycles. The van der Waals surface area contributed by atoms with Crippen molar-refractivity contribution in [2.24, 2.45) is 0 Å². The molecule has 0 aromatic carbocycles. The van der Waals surface area contributed by atoms with Crippen LogP contribution in [-0.4, -0.2) is 14.8 Å². The lowest BCUT2D eigenvalue weighted by molar-refractivity contribution is 0.521. The summed E-state index contributed by atoms with van der Waals surface area (Å²) in [6.07, 6.45) is 3.96. The van der Waals surface area contributed by atoms with Gasteiger partial charge in [-0.25, -0.2) is 4.98 Å². The zero-order valence-electron chi connectivity index (χ0n) is 10.5. The van der Waals surface area contributed by atoms with E-state index in [-0.39, 0.29) is 0 Å². The van der Waals surface area contributed by atoms with Crippen molar-refractivity contribution in [1.82, 2.24) is 20.1 Å². The highest BCUT2D eigenvalue weighted by molar-refractivity contribution is 7.11. The first-order chi connectivity index (χ1) is 8.15. The Bertz CT molecular complexity index is 472. The number of thiazole rings is 1. The molecular weight excluding hydrogens is 232 g/mol. The largest absolute Gasteiger partial charge is 0.306 e. The number of hydrogen-bond donors (Lipinski definition) is 1. The highest BCUT2D eigenvalue weighted by Gasteiger charge is 2.02. The molecule has 0 saturated carbocycles. The van der Waals surface area contributed by atoms with Crippen LogP contribution in [0.15, 0.2) is 18.5 Å². The molecule has 0 amide bonds. The SMILES string of the molecule is Cc1ncc(CNCc2ccn(C(C)C)n2)s1. The van der Waals surface area contributed by atoms with E-state index in [1.165, 1.54) is 4.88 Å². The molecule has 2 heterocycles. The molecule has 92 valence electrons. The van der Waals surface area contributed by atoms with E-state index in [0.717, 1.165) is 23.8 Å². The predicted octanol–water partition coefficient (Wildman–Crippen LogP) is 2.52. The van der Waals surface area contributed by atoms with Crippen molar-refractivity contribution >= 4 is 11.3 Å². The van der Waals surface area contributed by atoms with Gasteiger partial charge in [0.05, 0.1) is 10.7 Å². The maximum absolute atomic E-state index is 4.49. The normalized spacial score (nSPS) is 11.3. The monoisotopic (exact) mass is 250 g/mol. The number of rotatable bonds is 5. The Balaban J connectivity index is 1.81. The topological polar surface area (TPSA) is 42.7 Å². The first kappa shape index (κ1) is 12.3. The first-order valence-electron chi connectivity index (χ1n) is 5.81. The summed E-state index contributed by atoms with van der Waals surface area (Å²) < 4.78 is 1.98. The third kappa shape index (κ3) is 3.38. The molecule has 0 bridgehead atoms.